The summed E-state index contributed by atoms with van der Waals surface area (Å²) in [6.45, 7) is 1.45. The zero-order chi connectivity index (χ0) is 16.1. The minimum Gasteiger partial charge on any atom is -0.399 e. The largest absolute Gasteiger partial charge is 0.433 e. The van der Waals surface area contributed by atoms with E-state index in [0.717, 1.165) is 12.1 Å². The van der Waals surface area contributed by atoms with Gasteiger partial charge in [-0.1, -0.05) is 0 Å². The fraction of sp³-hybridized carbons (Fsp3) is 0.143. The number of hydrogen-bond donors (Lipinski definition) is 1. The van der Waals surface area contributed by atoms with Gasteiger partial charge < -0.3 is 5.73 Å². The number of alkyl halides is 3. The van der Waals surface area contributed by atoms with Gasteiger partial charge in [0.25, 0.3) is 0 Å². The van der Waals surface area contributed by atoms with E-state index >= 15 is 0 Å². The maximum atomic E-state index is 13.9. The van der Waals surface area contributed by atoms with Crippen LogP contribution >= 0.6 is 0 Å². The number of halogens is 4. The lowest BCUT2D eigenvalue weighted by Crippen LogP contribution is -2.13. The minimum atomic E-state index is -4.59. The highest BCUT2D eigenvalue weighted by Gasteiger charge is 2.35. The van der Waals surface area contributed by atoms with Gasteiger partial charge in [-0.15, -0.1) is 0 Å². The first kappa shape index (κ1) is 14.3. The average molecular weight is 310 g/mol. The van der Waals surface area contributed by atoms with Crippen molar-refractivity contribution in [3.05, 3.63) is 47.5 Å². The van der Waals surface area contributed by atoms with Gasteiger partial charge in [0.05, 0.1) is 5.69 Å². The van der Waals surface area contributed by atoms with Crippen molar-refractivity contribution >= 4 is 11.3 Å². The van der Waals surface area contributed by atoms with Crippen molar-refractivity contribution in [1.82, 2.24) is 14.6 Å². The van der Waals surface area contributed by atoms with E-state index in [4.69, 9.17) is 5.73 Å². The lowest BCUT2D eigenvalue weighted by Gasteiger charge is -2.09. The van der Waals surface area contributed by atoms with E-state index in [1.165, 1.54) is 25.1 Å². The number of nitrogens with two attached hydrogens (primary N) is 1. The maximum Gasteiger partial charge on any atom is 0.433 e. The highest BCUT2D eigenvalue weighted by atomic mass is 19.4. The van der Waals surface area contributed by atoms with Crippen molar-refractivity contribution < 1.29 is 17.6 Å². The molecule has 0 spiro atoms. The summed E-state index contributed by atoms with van der Waals surface area (Å²) in [4.78, 5) is 4.00. The van der Waals surface area contributed by atoms with Gasteiger partial charge in [0.2, 0.25) is 0 Å². The van der Waals surface area contributed by atoms with Crippen LogP contribution in [0.25, 0.3) is 16.9 Å². The number of benzene rings is 1. The number of nitrogens with zero attached hydrogens (tertiary/aromatic N) is 3. The second-order valence-corrected chi connectivity index (χ2v) is 4.82. The van der Waals surface area contributed by atoms with Crippen LogP contribution in [0.3, 0.4) is 0 Å². The summed E-state index contributed by atoms with van der Waals surface area (Å²) < 4.78 is 53.8. The molecular weight excluding hydrogens is 300 g/mol. The Morgan fingerprint density at radius 3 is 2.50 bits per heavy atom. The van der Waals surface area contributed by atoms with E-state index in [-0.39, 0.29) is 28.3 Å². The van der Waals surface area contributed by atoms with E-state index in [0.29, 0.717) is 4.52 Å². The number of rotatable bonds is 1. The Labute approximate surface area is 122 Å². The van der Waals surface area contributed by atoms with Crippen molar-refractivity contribution in [2.24, 2.45) is 0 Å². The van der Waals surface area contributed by atoms with Crippen molar-refractivity contribution in [1.29, 1.82) is 0 Å². The van der Waals surface area contributed by atoms with Gasteiger partial charge >= 0.3 is 6.18 Å². The fourth-order valence-electron chi connectivity index (χ4n) is 2.17. The molecule has 22 heavy (non-hydrogen) atoms. The van der Waals surface area contributed by atoms with E-state index in [1.54, 1.807) is 0 Å². The molecule has 0 radical (unpaired) electrons. The molecule has 2 N–H and O–H groups in total. The first-order valence-electron chi connectivity index (χ1n) is 6.26. The Morgan fingerprint density at radius 1 is 1.14 bits per heavy atom. The second-order valence-electron chi connectivity index (χ2n) is 4.82. The van der Waals surface area contributed by atoms with Gasteiger partial charge in [0, 0.05) is 23.0 Å². The van der Waals surface area contributed by atoms with Crippen LogP contribution in [-0.4, -0.2) is 14.6 Å². The molecule has 0 aliphatic heterocycles. The molecule has 114 valence electrons. The first-order valence-corrected chi connectivity index (χ1v) is 6.26. The van der Waals surface area contributed by atoms with Gasteiger partial charge in [0.15, 0.2) is 5.65 Å². The predicted molar refractivity (Wildman–Crippen MR) is 72.5 cm³/mol. The molecule has 0 bridgehead atoms. The SMILES string of the molecule is Cc1cc(C(F)(F)F)n2nc(-c3ccc(N)cc3F)cc2n1. The van der Waals surface area contributed by atoms with Crippen LogP contribution in [0.15, 0.2) is 30.3 Å². The molecule has 0 fully saturated rings. The van der Waals surface area contributed by atoms with E-state index in [9.17, 15) is 17.6 Å². The van der Waals surface area contributed by atoms with Crippen LogP contribution in [0, 0.1) is 12.7 Å². The highest BCUT2D eigenvalue weighted by molar-refractivity contribution is 5.66. The van der Waals surface area contributed by atoms with Crippen molar-refractivity contribution in [2.45, 2.75) is 13.1 Å². The predicted octanol–water partition coefficient (Wildman–Crippen LogP) is 3.44. The number of fused-ring (bicyclic) bond motifs is 1. The molecule has 3 rings (SSSR count). The molecule has 0 saturated heterocycles. The van der Waals surface area contributed by atoms with Gasteiger partial charge in [-0.3, -0.25) is 0 Å². The molecule has 3 aromatic rings. The fourth-order valence-corrected chi connectivity index (χ4v) is 2.17. The normalized spacial score (nSPS) is 12.0. The molecule has 8 heteroatoms. The second kappa shape index (κ2) is 4.69. The lowest BCUT2D eigenvalue weighted by atomic mass is 10.1. The third kappa shape index (κ3) is 2.36. The van der Waals surface area contributed by atoms with Crippen LogP contribution in [0.5, 0.6) is 0 Å². The van der Waals surface area contributed by atoms with Gasteiger partial charge in [0.1, 0.15) is 11.5 Å². The molecule has 0 aliphatic rings. The Hall–Kier alpha value is -2.64. The topological polar surface area (TPSA) is 56.2 Å². The number of anilines is 1. The number of aromatic nitrogens is 3. The zero-order valence-electron chi connectivity index (χ0n) is 11.3. The zero-order valence-corrected chi connectivity index (χ0v) is 11.3. The number of nitrogen functional groups attached to an aromatic ring is 1. The quantitative estimate of drug-likeness (QED) is 0.553. The third-order valence-corrected chi connectivity index (χ3v) is 3.11. The van der Waals surface area contributed by atoms with E-state index in [1.807, 2.05) is 0 Å². The van der Waals surface area contributed by atoms with E-state index in [2.05, 4.69) is 10.1 Å². The van der Waals surface area contributed by atoms with E-state index < -0.39 is 17.7 Å². The van der Waals surface area contributed by atoms with Gasteiger partial charge in [-0.25, -0.2) is 13.9 Å². The molecular formula is C14H10F4N4. The summed E-state index contributed by atoms with van der Waals surface area (Å²) in [5.41, 5.74) is 5.03. The first-order chi connectivity index (χ1) is 10.3. The minimum absolute atomic E-state index is 0.00134. The molecule has 0 saturated carbocycles. The highest BCUT2D eigenvalue weighted by Crippen LogP contribution is 2.31. The molecule has 4 nitrogen and oxygen atoms in total. The standard InChI is InChI=1S/C14H10F4N4/c1-7-4-12(14(16,17)18)22-13(20-7)6-11(21-22)9-3-2-8(19)5-10(9)15/h2-6H,19H2,1H3. The lowest BCUT2D eigenvalue weighted by molar-refractivity contribution is -0.142. The summed E-state index contributed by atoms with van der Waals surface area (Å²) in [5.74, 6) is -0.659. The van der Waals surface area contributed by atoms with Crippen LogP contribution in [0.1, 0.15) is 11.4 Å². The number of aryl methyl sites for hydroxylation is 1. The molecule has 2 heterocycles. The molecule has 0 aliphatic carbocycles. The van der Waals surface area contributed by atoms with Crippen molar-refractivity contribution in [2.75, 3.05) is 5.73 Å². The van der Waals surface area contributed by atoms with Crippen LogP contribution in [-0.2, 0) is 6.18 Å². The average Bonchev–Trinajstić information content (AvgIpc) is 2.79. The maximum absolute atomic E-state index is 13.9. The van der Waals surface area contributed by atoms with Crippen molar-refractivity contribution in [3.63, 3.8) is 0 Å². The monoisotopic (exact) mass is 310 g/mol. The molecule has 1 aromatic carbocycles. The molecule has 2 aromatic heterocycles. The molecule has 0 unspecified atom stereocenters. The Bertz CT molecular complexity index is 867. The summed E-state index contributed by atoms with van der Waals surface area (Å²) in [7, 11) is 0. The molecule has 0 atom stereocenters. The summed E-state index contributed by atoms with van der Waals surface area (Å²) in [6.07, 6.45) is -4.59. The third-order valence-electron chi connectivity index (χ3n) is 3.11. The smallest absolute Gasteiger partial charge is 0.399 e. The summed E-state index contributed by atoms with van der Waals surface area (Å²) >= 11 is 0. The van der Waals surface area contributed by atoms with Gasteiger partial charge in [-0.2, -0.15) is 18.3 Å². The van der Waals surface area contributed by atoms with Crippen LogP contribution in [0.4, 0.5) is 23.2 Å². The van der Waals surface area contributed by atoms with Crippen LogP contribution < -0.4 is 5.73 Å². The van der Waals surface area contributed by atoms with Crippen LogP contribution in [0.2, 0.25) is 0 Å². The van der Waals surface area contributed by atoms with Crippen molar-refractivity contribution in [3.8, 4) is 11.3 Å². The Kier molecular flexibility index (Phi) is 3.05. The Balaban J connectivity index is 2.26. The van der Waals surface area contributed by atoms with Gasteiger partial charge in [-0.05, 0) is 31.2 Å². The summed E-state index contributed by atoms with van der Waals surface area (Å²) in [6, 6.07) is 6.10. The Morgan fingerprint density at radius 2 is 1.86 bits per heavy atom. The molecule has 0 amide bonds. The summed E-state index contributed by atoms with van der Waals surface area (Å²) in [5, 5.41) is 3.83. The number of hydrogen-bond acceptors (Lipinski definition) is 3.